The van der Waals surface area contributed by atoms with Gasteiger partial charge in [0.25, 0.3) is 0 Å². The summed E-state index contributed by atoms with van der Waals surface area (Å²) in [5.74, 6) is 0. The van der Waals surface area contributed by atoms with Crippen molar-refractivity contribution in [3.8, 4) is 0 Å². The van der Waals surface area contributed by atoms with Crippen LogP contribution in [0.2, 0.25) is 0 Å². The van der Waals surface area contributed by atoms with Gasteiger partial charge in [0, 0.05) is 19.1 Å². The summed E-state index contributed by atoms with van der Waals surface area (Å²) in [7, 11) is 4.22. The second-order valence-electron chi connectivity index (χ2n) is 5.71. The molecule has 1 N–H and O–H groups in total. The second kappa shape index (κ2) is 7.61. The van der Waals surface area contributed by atoms with Crippen LogP contribution in [-0.4, -0.2) is 30.0 Å². The maximum absolute atomic E-state index is 4.72. The fraction of sp³-hybridized carbons (Fsp3) is 0.688. The number of aromatic nitrogens is 1. The number of nitrogens with one attached hydrogen (secondary N) is 1. The summed E-state index contributed by atoms with van der Waals surface area (Å²) < 4.78 is 0. The molecule has 0 unspecified atom stereocenters. The lowest BCUT2D eigenvalue weighted by molar-refractivity contribution is 0.210. The third-order valence-electron chi connectivity index (χ3n) is 4.08. The quantitative estimate of drug-likeness (QED) is 0.826. The van der Waals surface area contributed by atoms with E-state index in [0.717, 1.165) is 24.8 Å². The molecule has 1 saturated carbocycles. The molecule has 19 heavy (non-hydrogen) atoms. The van der Waals surface area contributed by atoms with Crippen LogP contribution in [0.5, 0.6) is 0 Å². The molecule has 1 aromatic heterocycles. The smallest absolute Gasteiger partial charge is 0.0547 e. The number of hydrogen-bond acceptors (Lipinski definition) is 3. The molecule has 1 aliphatic rings. The Hall–Kier alpha value is -0.930. The Kier molecular flexibility index (Phi) is 5.80. The first kappa shape index (κ1) is 14.5. The minimum Gasteiger partial charge on any atom is -0.314 e. The van der Waals surface area contributed by atoms with E-state index in [0.29, 0.717) is 0 Å². The van der Waals surface area contributed by atoms with Crippen LogP contribution in [-0.2, 0) is 13.1 Å². The van der Waals surface area contributed by atoms with E-state index < -0.39 is 0 Å². The highest BCUT2D eigenvalue weighted by molar-refractivity contribution is 5.11. The van der Waals surface area contributed by atoms with Gasteiger partial charge in [-0.1, -0.05) is 31.7 Å². The summed E-state index contributed by atoms with van der Waals surface area (Å²) in [6.07, 6.45) is 8.32. The van der Waals surface area contributed by atoms with Gasteiger partial charge in [-0.3, -0.25) is 9.88 Å². The van der Waals surface area contributed by atoms with Gasteiger partial charge in [0.1, 0.15) is 0 Å². The zero-order valence-corrected chi connectivity index (χ0v) is 12.4. The van der Waals surface area contributed by atoms with Crippen molar-refractivity contribution in [3.05, 3.63) is 29.6 Å². The summed E-state index contributed by atoms with van der Waals surface area (Å²) in [5, 5.41) is 3.16. The molecule has 0 radical (unpaired) electrons. The molecule has 1 aromatic rings. The van der Waals surface area contributed by atoms with Gasteiger partial charge in [-0.15, -0.1) is 0 Å². The van der Waals surface area contributed by atoms with Crippen LogP contribution >= 0.6 is 0 Å². The molecule has 106 valence electrons. The number of hydrogen-bond donors (Lipinski definition) is 1. The number of rotatable bonds is 5. The standard InChI is InChI=1S/C16H27N3/c1-17-12-14-8-7-9-15(18-14)13-19(2)16-10-5-3-4-6-11-16/h7-9,16-17H,3-6,10-13H2,1-2H3. The molecule has 2 rings (SSSR count). The van der Waals surface area contributed by atoms with E-state index in [1.54, 1.807) is 0 Å². The predicted octanol–water partition coefficient (Wildman–Crippen LogP) is 2.96. The van der Waals surface area contributed by atoms with Gasteiger partial charge < -0.3 is 5.32 Å². The van der Waals surface area contributed by atoms with E-state index in [1.807, 2.05) is 7.05 Å². The molecule has 0 aromatic carbocycles. The van der Waals surface area contributed by atoms with Crippen molar-refractivity contribution in [1.29, 1.82) is 0 Å². The van der Waals surface area contributed by atoms with E-state index in [-0.39, 0.29) is 0 Å². The maximum atomic E-state index is 4.72. The first-order valence-electron chi connectivity index (χ1n) is 7.59. The Morgan fingerprint density at radius 1 is 1.16 bits per heavy atom. The summed E-state index contributed by atoms with van der Waals surface area (Å²) >= 11 is 0. The van der Waals surface area contributed by atoms with Crippen molar-refractivity contribution in [1.82, 2.24) is 15.2 Å². The van der Waals surface area contributed by atoms with Crippen molar-refractivity contribution in [2.45, 2.75) is 57.7 Å². The molecule has 0 bridgehead atoms. The molecule has 0 atom stereocenters. The van der Waals surface area contributed by atoms with Gasteiger partial charge in [0.15, 0.2) is 0 Å². The van der Waals surface area contributed by atoms with Crippen molar-refractivity contribution in [2.24, 2.45) is 0 Å². The van der Waals surface area contributed by atoms with Crippen LogP contribution in [0.25, 0.3) is 0 Å². The van der Waals surface area contributed by atoms with Crippen LogP contribution in [0.15, 0.2) is 18.2 Å². The monoisotopic (exact) mass is 261 g/mol. The highest BCUT2D eigenvalue weighted by Gasteiger charge is 2.17. The molecule has 1 heterocycles. The first-order valence-corrected chi connectivity index (χ1v) is 7.59. The van der Waals surface area contributed by atoms with E-state index in [1.165, 1.54) is 44.2 Å². The Morgan fingerprint density at radius 3 is 2.53 bits per heavy atom. The van der Waals surface area contributed by atoms with Crippen molar-refractivity contribution >= 4 is 0 Å². The van der Waals surface area contributed by atoms with Gasteiger partial charge in [-0.25, -0.2) is 0 Å². The minimum atomic E-state index is 0.747. The van der Waals surface area contributed by atoms with E-state index in [4.69, 9.17) is 4.98 Å². The Morgan fingerprint density at radius 2 is 1.84 bits per heavy atom. The minimum absolute atomic E-state index is 0.747. The third-order valence-corrected chi connectivity index (χ3v) is 4.08. The van der Waals surface area contributed by atoms with E-state index in [2.05, 4.69) is 35.5 Å². The lowest BCUT2D eigenvalue weighted by Gasteiger charge is -2.26. The second-order valence-corrected chi connectivity index (χ2v) is 5.71. The summed E-state index contributed by atoms with van der Waals surface area (Å²) in [6.45, 7) is 1.82. The largest absolute Gasteiger partial charge is 0.314 e. The molecule has 0 amide bonds. The molecule has 0 spiro atoms. The first-order chi connectivity index (χ1) is 9.29. The van der Waals surface area contributed by atoms with Crippen molar-refractivity contribution < 1.29 is 0 Å². The van der Waals surface area contributed by atoms with Crippen LogP contribution in [0.3, 0.4) is 0 Å². The van der Waals surface area contributed by atoms with Crippen LogP contribution in [0.1, 0.15) is 49.9 Å². The van der Waals surface area contributed by atoms with E-state index >= 15 is 0 Å². The SMILES string of the molecule is CNCc1cccc(CN(C)C2CCCCCC2)n1. The van der Waals surface area contributed by atoms with Gasteiger partial charge in [-0.2, -0.15) is 0 Å². The molecular formula is C16H27N3. The van der Waals surface area contributed by atoms with Crippen molar-refractivity contribution in [2.75, 3.05) is 14.1 Å². The van der Waals surface area contributed by atoms with Crippen LogP contribution in [0.4, 0.5) is 0 Å². The molecule has 1 fully saturated rings. The Bertz CT molecular complexity index is 370. The predicted molar refractivity (Wildman–Crippen MR) is 80.0 cm³/mol. The Balaban J connectivity index is 1.93. The van der Waals surface area contributed by atoms with Gasteiger partial charge in [0.2, 0.25) is 0 Å². The lowest BCUT2D eigenvalue weighted by Crippen LogP contribution is -2.31. The summed E-state index contributed by atoms with van der Waals surface area (Å²) in [5.41, 5.74) is 2.33. The summed E-state index contributed by atoms with van der Waals surface area (Å²) in [4.78, 5) is 7.21. The average molecular weight is 261 g/mol. The average Bonchev–Trinajstić information content (AvgIpc) is 2.68. The number of pyridine rings is 1. The maximum Gasteiger partial charge on any atom is 0.0547 e. The molecule has 1 aliphatic carbocycles. The molecular weight excluding hydrogens is 234 g/mol. The highest BCUT2D eigenvalue weighted by Crippen LogP contribution is 2.22. The topological polar surface area (TPSA) is 28.2 Å². The fourth-order valence-corrected chi connectivity index (χ4v) is 2.98. The molecule has 3 nitrogen and oxygen atoms in total. The fourth-order valence-electron chi connectivity index (χ4n) is 2.98. The highest BCUT2D eigenvalue weighted by atomic mass is 15.1. The van der Waals surface area contributed by atoms with Crippen LogP contribution in [0, 0.1) is 0 Å². The molecule has 0 saturated heterocycles. The Labute approximate surface area is 117 Å². The third kappa shape index (κ3) is 4.59. The van der Waals surface area contributed by atoms with Gasteiger partial charge >= 0.3 is 0 Å². The number of nitrogens with zero attached hydrogens (tertiary/aromatic N) is 2. The molecule has 0 aliphatic heterocycles. The van der Waals surface area contributed by atoms with Crippen molar-refractivity contribution in [3.63, 3.8) is 0 Å². The van der Waals surface area contributed by atoms with Gasteiger partial charge in [0.05, 0.1) is 11.4 Å². The van der Waals surface area contributed by atoms with E-state index in [9.17, 15) is 0 Å². The lowest BCUT2D eigenvalue weighted by atomic mass is 10.1. The zero-order valence-electron chi connectivity index (χ0n) is 12.4. The van der Waals surface area contributed by atoms with Crippen LogP contribution < -0.4 is 5.32 Å². The normalized spacial score (nSPS) is 17.6. The van der Waals surface area contributed by atoms with Gasteiger partial charge in [-0.05, 0) is 39.1 Å². The molecule has 3 heteroatoms. The zero-order chi connectivity index (χ0) is 13.5. The summed E-state index contributed by atoms with van der Waals surface area (Å²) in [6, 6.07) is 7.10.